The summed E-state index contributed by atoms with van der Waals surface area (Å²) in [7, 11) is 1.59. The number of alkyl halides is 2. The van der Waals surface area contributed by atoms with Gasteiger partial charge in [0.2, 0.25) is 5.91 Å². The second kappa shape index (κ2) is 5.97. The first-order valence-corrected chi connectivity index (χ1v) is 10.2. The number of carbonyl (C=O) groups is 2. The van der Waals surface area contributed by atoms with Gasteiger partial charge in [0, 0.05) is 24.3 Å². The Kier molecular flexibility index (Phi) is 4.21. The third-order valence-corrected chi connectivity index (χ3v) is 8.50. The van der Waals surface area contributed by atoms with Gasteiger partial charge in [-0.15, -0.1) is 0 Å². The van der Waals surface area contributed by atoms with Crippen LogP contribution in [-0.2, 0) is 9.59 Å². The van der Waals surface area contributed by atoms with Crippen LogP contribution in [0.4, 0.5) is 8.78 Å². The number of amides is 1. The predicted octanol–water partition coefficient (Wildman–Crippen LogP) is 2.91. The number of ketones is 1. The lowest BCUT2D eigenvalue weighted by Crippen LogP contribution is -2.68. The van der Waals surface area contributed by atoms with E-state index in [4.69, 9.17) is 0 Å². The summed E-state index contributed by atoms with van der Waals surface area (Å²) in [6, 6.07) is 0. The Hall–Kier alpha value is -1.56. The first-order valence-electron chi connectivity index (χ1n) is 10.2. The van der Waals surface area contributed by atoms with Gasteiger partial charge in [0.05, 0.1) is 6.10 Å². The van der Waals surface area contributed by atoms with Gasteiger partial charge in [0.15, 0.2) is 11.5 Å². The molecule has 4 rings (SSSR count). The number of allylic oxidation sites excluding steroid dienone is 4. The van der Waals surface area contributed by atoms with Crippen molar-refractivity contribution in [3.63, 3.8) is 0 Å². The van der Waals surface area contributed by atoms with Gasteiger partial charge in [-0.25, -0.2) is 8.78 Å². The number of hydrogen-bond acceptors (Lipinski definition) is 3. The fraction of sp³-hybridized carbons (Fsp3) is 0.727. The van der Waals surface area contributed by atoms with Crippen LogP contribution in [0.3, 0.4) is 0 Å². The van der Waals surface area contributed by atoms with E-state index in [1.165, 1.54) is 18.2 Å². The van der Waals surface area contributed by atoms with E-state index in [1.807, 2.05) is 13.8 Å². The lowest BCUT2D eigenvalue weighted by atomic mass is 9.45. The minimum atomic E-state index is -2.07. The molecule has 0 aromatic rings. The minimum absolute atomic E-state index is 0.0239. The number of rotatable bonds is 1. The van der Waals surface area contributed by atoms with E-state index in [-0.39, 0.29) is 47.9 Å². The van der Waals surface area contributed by atoms with Crippen LogP contribution >= 0.6 is 0 Å². The fourth-order valence-corrected chi connectivity index (χ4v) is 7.29. The number of fused-ring (bicyclic) bond motifs is 5. The minimum Gasteiger partial charge on any atom is -0.390 e. The third-order valence-electron chi connectivity index (χ3n) is 8.50. The zero-order valence-electron chi connectivity index (χ0n) is 16.8. The topological polar surface area (TPSA) is 66.4 Å². The Morgan fingerprint density at radius 2 is 1.96 bits per heavy atom. The fourth-order valence-electron chi connectivity index (χ4n) is 7.29. The zero-order valence-corrected chi connectivity index (χ0v) is 16.8. The summed E-state index contributed by atoms with van der Waals surface area (Å²) in [6.45, 7) is 5.53. The highest BCUT2D eigenvalue weighted by atomic mass is 19.1. The Morgan fingerprint density at radius 3 is 2.61 bits per heavy atom. The summed E-state index contributed by atoms with van der Waals surface area (Å²) >= 11 is 0. The quantitative estimate of drug-likeness (QED) is 0.720. The largest absolute Gasteiger partial charge is 0.390 e. The van der Waals surface area contributed by atoms with Crippen molar-refractivity contribution in [3.05, 3.63) is 23.8 Å². The van der Waals surface area contributed by atoms with Crippen LogP contribution in [0.1, 0.15) is 40.0 Å². The van der Waals surface area contributed by atoms with Gasteiger partial charge < -0.3 is 10.4 Å². The van der Waals surface area contributed by atoms with Gasteiger partial charge in [-0.1, -0.05) is 19.9 Å². The van der Waals surface area contributed by atoms with Crippen molar-refractivity contribution < 1.29 is 23.5 Å². The van der Waals surface area contributed by atoms with Gasteiger partial charge in [0.1, 0.15) is 6.17 Å². The lowest BCUT2D eigenvalue weighted by molar-refractivity contribution is -0.202. The standard InChI is InChI=1S/C22H29F2NO3/c1-11-7-13-14-9-16(23)15-8-12(26)5-6-21(15,3)22(14,24)17(27)10-20(13,2)18(11)19(28)25-4/h5-6,8,11,13-14,16-18,27H,7,9-10H2,1-4H3,(H,25,28)/t11-,13?,14+,16+,17+,18-,20+,21+,22+/m1/s1. The molecule has 28 heavy (non-hydrogen) atoms. The molecule has 6 heteroatoms. The van der Waals surface area contributed by atoms with Gasteiger partial charge in [0.25, 0.3) is 0 Å². The highest BCUT2D eigenvalue weighted by Gasteiger charge is 2.73. The van der Waals surface area contributed by atoms with Crippen molar-refractivity contribution in [3.8, 4) is 0 Å². The van der Waals surface area contributed by atoms with E-state index in [0.717, 1.165) is 0 Å². The highest BCUT2D eigenvalue weighted by molar-refractivity contribution is 6.01. The predicted molar refractivity (Wildman–Crippen MR) is 101 cm³/mol. The maximum atomic E-state index is 16.9. The number of halogens is 2. The van der Waals surface area contributed by atoms with E-state index in [1.54, 1.807) is 14.0 Å². The van der Waals surface area contributed by atoms with Crippen molar-refractivity contribution in [1.29, 1.82) is 0 Å². The van der Waals surface area contributed by atoms with Gasteiger partial charge >= 0.3 is 0 Å². The molecule has 0 heterocycles. The smallest absolute Gasteiger partial charge is 0.223 e. The number of aliphatic hydroxyl groups excluding tert-OH is 1. The molecule has 4 nitrogen and oxygen atoms in total. The SMILES string of the molecule is CNC(=O)[C@H]1[C@H](C)CC2[C@@H]3C[C@H](F)C4=CC(=O)C=C[C@]4(C)[C@@]3(F)[C@@H](O)C[C@@]21C. The average molecular weight is 393 g/mol. The van der Waals surface area contributed by atoms with Crippen molar-refractivity contribution in [2.75, 3.05) is 7.05 Å². The zero-order chi connectivity index (χ0) is 20.6. The molecule has 0 aliphatic heterocycles. The first kappa shape index (κ1) is 19.7. The lowest BCUT2D eigenvalue weighted by Gasteiger charge is -2.62. The normalized spacial score (nSPS) is 52.4. The Labute approximate surface area is 164 Å². The Morgan fingerprint density at radius 1 is 1.29 bits per heavy atom. The van der Waals surface area contributed by atoms with Crippen molar-refractivity contribution in [1.82, 2.24) is 5.32 Å². The molecule has 0 aromatic carbocycles. The molecule has 1 unspecified atom stereocenters. The van der Waals surface area contributed by atoms with E-state index in [2.05, 4.69) is 5.32 Å². The maximum Gasteiger partial charge on any atom is 0.223 e. The summed E-state index contributed by atoms with van der Waals surface area (Å²) in [5, 5.41) is 13.8. The molecule has 1 amide bonds. The summed E-state index contributed by atoms with van der Waals surface area (Å²) < 4.78 is 32.1. The molecule has 0 bridgehead atoms. The van der Waals surface area contributed by atoms with E-state index < -0.39 is 34.7 Å². The van der Waals surface area contributed by atoms with E-state index >= 15 is 8.78 Å². The van der Waals surface area contributed by atoms with Crippen molar-refractivity contribution >= 4 is 11.7 Å². The molecular weight excluding hydrogens is 364 g/mol. The van der Waals surface area contributed by atoms with Crippen molar-refractivity contribution in [2.45, 2.75) is 58.0 Å². The maximum absolute atomic E-state index is 16.9. The molecule has 3 fully saturated rings. The molecule has 2 N–H and O–H groups in total. The molecule has 3 saturated carbocycles. The van der Waals surface area contributed by atoms with Crippen LogP contribution in [0, 0.1) is 34.5 Å². The second-order valence-electron chi connectivity index (χ2n) is 9.75. The second-order valence-corrected chi connectivity index (χ2v) is 9.75. The average Bonchev–Trinajstić information content (AvgIpc) is 2.89. The van der Waals surface area contributed by atoms with Crippen LogP contribution in [0.25, 0.3) is 0 Å². The molecular formula is C22H29F2NO3. The molecule has 4 aliphatic rings. The summed E-state index contributed by atoms with van der Waals surface area (Å²) in [5.41, 5.74) is -3.89. The van der Waals surface area contributed by atoms with Crippen LogP contribution in [-0.4, -0.2) is 41.8 Å². The number of carbonyl (C=O) groups excluding carboxylic acids is 2. The van der Waals surface area contributed by atoms with E-state index in [0.29, 0.717) is 6.42 Å². The van der Waals surface area contributed by atoms with Crippen LogP contribution in [0.15, 0.2) is 23.8 Å². The molecule has 0 saturated heterocycles. The number of nitrogens with one attached hydrogen (secondary N) is 1. The summed E-state index contributed by atoms with van der Waals surface area (Å²) in [5.74, 6) is -1.68. The molecule has 0 radical (unpaired) electrons. The van der Waals surface area contributed by atoms with E-state index in [9.17, 15) is 14.7 Å². The van der Waals surface area contributed by atoms with Crippen LogP contribution < -0.4 is 5.32 Å². The van der Waals surface area contributed by atoms with Crippen LogP contribution in [0.5, 0.6) is 0 Å². The number of aliphatic hydroxyl groups is 1. The van der Waals surface area contributed by atoms with Crippen molar-refractivity contribution in [2.24, 2.45) is 34.5 Å². The van der Waals surface area contributed by atoms with Gasteiger partial charge in [-0.3, -0.25) is 9.59 Å². The molecule has 0 spiro atoms. The molecule has 0 aromatic heterocycles. The third kappa shape index (κ3) is 2.18. The molecule has 9 atom stereocenters. The monoisotopic (exact) mass is 393 g/mol. The highest BCUT2D eigenvalue weighted by Crippen LogP contribution is 2.69. The summed E-state index contributed by atoms with van der Waals surface area (Å²) in [6.07, 6.45) is 1.87. The first-order chi connectivity index (χ1) is 13.0. The Bertz CT molecular complexity index is 795. The Balaban J connectivity index is 1.84. The molecule has 4 aliphatic carbocycles. The number of hydrogen-bond donors (Lipinski definition) is 2. The molecule has 154 valence electrons. The summed E-state index contributed by atoms with van der Waals surface area (Å²) in [4.78, 5) is 24.4. The van der Waals surface area contributed by atoms with Crippen LogP contribution in [0.2, 0.25) is 0 Å². The van der Waals surface area contributed by atoms with Gasteiger partial charge in [-0.05, 0) is 61.2 Å². The van der Waals surface area contributed by atoms with Gasteiger partial charge in [-0.2, -0.15) is 0 Å².